The Kier molecular flexibility index (Phi) is 2.72. The molecule has 0 unspecified atom stereocenters. The molecule has 0 saturated carbocycles. The van der Waals surface area contributed by atoms with Gasteiger partial charge in [0.25, 0.3) is 0 Å². The summed E-state index contributed by atoms with van der Waals surface area (Å²) in [6.45, 7) is 1.87. The number of fused-ring (bicyclic) bond motifs is 1. The molecule has 4 N–H and O–H groups in total. The molecule has 96 valence electrons. The molecule has 0 spiro atoms. The van der Waals surface area contributed by atoms with Crippen molar-refractivity contribution in [2.24, 2.45) is 5.73 Å². The quantitative estimate of drug-likeness (QED) is 0.742. The molecule has 2 heterocycles. The van der Waals surface area contributed by atoms with Gasteiger partial charge in [-0.15, -0.1) is 0 Å². The summed E-state index contributed by atoms with van der Waals surface area (Å²) in [5.74, 6) is 1.65. The number of imidazole rings is 1. The van der Waals surface area contributed by atoms with E-state index < -0.39 is 0 Å². The molecule has 0 bridgehead atoms. The third kappa shape index (κ3) is 1.76. The average molecular weight is 246 g/mol. The highest BCUT2D eigenvalue weighted by atomic mass is 16.5. The van der Waals surface area contributed by atoms with Crippen LogP contribution in [0.1, 0.15) is 18.7 Å². The van der Waals surface area contributed by atoms with Crippen molar-refractivity contribution in [3.05, 3.63) is 24.0 Å². The van der Waals surface area contributed by atoms with Gasteiger partial charge in [-0.1, -0.05) is 6.07 Å². The molecular formula is C13H18N4O. The molecule has 1 aliphatic heterocycles. The lowest BCUT2D eigenvalue weighted by Crippen LogP contribution is -2.47. The van der Waals surface area contributed by atoms with Crippen molar-refractivity contribution in [3.8, 4) is 5.75 Å². The van der Waals surface area contributed by atoms with E-state index in [9.17, 15) is 0 Å². The normalized spacial score (nSPS) is 19.0. The van der Waals surface area contributed by atoms with Gasteiger partial charge in [0, 0.05) is 0 Å². The van der Waals surface area contributed by atoms with Gasteiger partial charge in [0.2, 0.25) is 0 Å². The summed E-state index contributed by atoms with van der Waals surface area (Å²) in [7, 11) is 1.66. The predicted molar refractivity (Wildman–Crippen MR) is 70.6 cm³/mol. The number of nitrogens with zero attached hydrogens (tertiary/aromatic N) is 1. The molecule has 1 aromatic carbocycles. The number of benzene rings is 1. The second kappa shape index (κ2) is 4.26. The van der Waals surface area contributed by atoms with Crippen molar-refractivity contribution in [1.82, 2.24) is 15.3 Å². The Bertz CT molecular complexity index is 557. The smallest absolute Gasteiger partial charge is 0.146 e. The van der Waals surface area contributed by atoms with Crippen LogP contribution in [-0.2, 0) is 5.54 Å². The summed E-state index contributed by atoms with van der Waals surface area (Å²) in [5, 5.41) is 3.32. The van der Waals surface area contributed by atoms with E-state index in [4.69, 9.17) is 10.5 Å². The van der Waals surface area contributed by atoms with E-state index in [0.717, 1.165) is 48.5 Å². The molecule has 5 heteroatoms. The maximum Gasteiger partial charge on any atom is 0.146 e. The zero-order chi connectivity index (χ0) is 12.6. The third-order valence-electron chi connectivity index (χ3n) is 3.66. The topological polar surface area (TPSA) is 76.0 Å². The minimum absolute atomic E-state index is 0.352. The molecule has 2 aromatic rings. The lowest BCUT2D eigenvalue weighted by Gasteiger charge is -2.31. The van der Waals surface area contributed by atoms with E-state index in [-0.39, 0.29) is 5.54 Å². The van der Waals surface area contributed by atoms with Crippen LogP contribution in [-0.4, -0.2) is 30.2 Å². The summed E-state index contributed by atoms with van der Waals surface area (Å²) in [4.78, 5) is 7.98. The van der Waals surface area contributed by atoms with E-state index in [1.807, 2.05) is 18.2 Å². The van der Waals surface area contributed by atoms with Gasteiger partial charge in [0.1, 0.15) is 17.1 Å². The number of ether oxygens (including phenoxy) is 1. The van der Waals surface area contributed by atoms with Crippen molar-refractivity contribution >= 4 is 11.0 Å². The Hall–Kier alpha value is -1.59. The highest BCUT2D eigenvalue weighted by molar-refractivity contribution is 5.81. The van der Waals surface area contributed by atoms with Crippen LogP contribution in [0.4, 0.5) is 0 Å². The Balaban J connectivity index is 2.07. The molecular weight excluding hydrogens is 228 g/mol. The van der Waals surface area contributed by atoms with Gasteiger partial charge in [-0.05, 0) is 38.1 Å². The van der Waals surface area contributed by atoms with Gasteiger partial charge in [0.05, 0.1) is 18.2 Å². The minimum Gasteiger partial charge on any atom is -0.494 e. The van der Waals surface area contributed by atoms with E-state index in [2.05, 4.69) is 15.3 Å². The fraction of sp³-hybridized carbons (Fsp3) is 0.462. The summed E-state index contributed by atoms with van der Waals surface area (Å²) in [6.07, 6.45) is 1.80. The van der Waals surface area contributed by atoms with E-state index in [1.54, 1.807) is 7.11 Å². The first-order valence-corrected chi connectivity index (χ1v) is 6.26. The van der Waals surface area contributed by atoms with E-state index in [1.165, 1.54) is 0 Å². The van der Waals surface area contributed by atoms with Gasteiger partial charge in [-0.25, -0.2) is 4.98 Å². The Morgan fingerprint density at radius 2 is 2.11 bits per heavy atom. The second-order valence-corrected chi connectivity index (χ2v) is 4.85. The highest BCUT2D eigenvalue weighted by Crippen LogP contribution is 2.30. The number of hydrogen-bond donors (Lipinski definition) is 3. The van der Waals surface area contributed by atoms with Crippen LogP contribution in [0, 0.1) is 0 Å². The van der Waals surface area contributed by atoms with Gasteiger partial charge >= 0.3 is 0 Å². The number of H-pyrrole nitrogens is 1. The molecule has 1 aromatic heterocycles. The minimum atomic E-state index is -0.352. The van der Waals surface area contributed by atoms with E-state index in [0.29, 0.717) is 0 Å². The summed E-state index contributed by atoms with van der Waals surface area (Å²) in [6, 6.07) is 5.87. The summed E-state index contributed by atoms with van der Waals surface area (Å²) < 4.78 is 5.33. The van der Waals surface area contributed by atoms with Crippen molar-refractivity contribution < 1.29 is 4.74 Å². The number of nitrogens with one attached hydrogen (secondary N) is 2. The number of hydrogen-bond acceptors (Lipinski definition) is 4. The monoisotopic (exact) mass is 246 g/mol. The van der Waals surface area contributed by atoms with Crippen LogP contribution in [0.5, 0.6) is 5.75 Å². The number of aromatic amines is 1. The van der Waals surface area contributed by atoms with Gasteiger partial charge < -0.3 is 20.8 Å². The number of aromatic nitrogens is 2. The van der Waals surface area contributed by atoms with Crippen molar-refractivity contribution in [2.75, 3.05) is 20.2 Å². The SMILES string of the molecule is COc1cccc2[nH]c(C3(N)CCNCC3)nc12. The van der Waals surface area contributed by atoms with Crippen molar-refractivity contribution in [2.45, 2.75) is 18.4 Å². The summed E-state index contributed by atoms with van der Waals surface area (Å²) in [5.41, 5.74) is 7.95. The molecule has 0 atom stereocenters. The first-order chi connectivity index (χ1) is 8.73. The van der Waals surface area contributed by atoms with Crippen molar-refractivity contribution in [3.63, 3.8) is 0 Å². The zero-order valence-corrected chi connectivity index (χ0v) is 10.5. The predicted octanol–water partition coefficient (Wildman–Crippen LogP) is 1.11. The van der Waals surface area contributed by atoms with Crippen LogP contribution in [0.3, 0.4) is 0 Å². The highest BCUT2D eigenvalue weighted by Gasteiger charge is 2.32. The van der Waals surface area contributed by atoms with Crippen LogP contribution in [0.15, 0.2) is 18.2 Å². The first kappa shape index (κ1) is 11.5. The van der Waals surface area contributed by atoms with Gasteiger partial charge in [0.15, 0.2) is 0 Å². The number of nitrogens with two attached hydrogens (primary N) is 1. The standard InChI is InChI=1S/C13H18N4O/c1-18-10-4-2-3-9-11(10)17-12(16-9)13(14)5-7-15-8-6-13/h2-4,15H,5-8,14H2,1H3,(H,16,17). The number of methoxy groups -OCH3 is 1. The van der Waals surface area contributed by atoms with Crippen LogP contribution in [0.25, 0.3) is 11.0 Å². The number of rotatable bonds is 2. The molecule has 0 aliphatic carbocycles. The molecule has 0 amide bonds. The Labute approximate surface area is 106 Å². The fourth-order valence-corrected chi connectivity index (χ4v) is 2.52. The zero-order valence-electron chi connectivity index (χ0n) is 10.5. The molecule has 18 heavy (non-hydrogen) atoms. The maximum atomic E-state index is 6.46. The number of piperidine rings is 1. The fourth-order valence-electron chi connectivity index (χ4n) is 2.52. The number of para-hydroxylation sites is 1. The summed E-state index contributed by atoms with van der Waals surface area (Å²) >= 11 is 0. The lowest BCUT2D eigenvalue weighted by atomic mass is 9.89. The lowest BCUT2D eigenvalue weighted by molar-refractivity contribution is 0.304. The van der Waals surface area contributed by atoms with Gasteiger partial charge in [-0.3, -0.25) is 0 Å². The van der Waals surface area contributed by atoms with E-state index >= 15 is 0 Å². The van der Waals surface area contributed by atoms with Crippen molar-refractivity contribution in [1.29, 1.82) is 0 Å². The molecule has 1 fully saturated rings. The first-order valence-electron chi connectivity index (χ1n) is 6.26. The maximum absolute atomic E-state index is 6.46. The molecule has 1 aliphatic rings. The largest absolute Gasteiger partial charge is 0.494 e. The van der Waals surface area contributed by atoms with Crippen LogP contribution >= 0.6 is 0 Å². The Morgan fingerprint density at radius 3 is 2.83 bits per heavy atom. The third-order valence-corrected chi connectivity index (χ3v) is 3.66. The second-order valence-electron chi connectivity index (χ2n) is 4.85. The van der Waals surface area contributed by atoms with Crippen LogP contribution in [0.2, 0.25) is 0 Å². The van der Waals surface area contributed by atoms with Gasteiger partial charge in [-0.2, -0.15) is 0 Å². The molecule has 1 saturated heterocycles. The Morgan fingerprint density at radius 1 is 1.33 bits per heavy atom. The molecule has 0 radical (unpaired) electrons. The van der Waals surface area contributed by atoms with Crippen LogP contribution < -0.4 is 15.8 Å². The molecule has 3 rings (SSSR count). The average Bonchev–Trinajstić information content (AvgIpc) is 2.84. The molecule has 5 nitrogen and oxygen atoms in total.